The SMILES string of the molecule is COC(=O)c1ccc2c(c1)C(=O)CCC1CC(O)CCC21C. The van der Waals surface area contributed by atoms with Crippen molar-refractivity contribution in [1.82, 2.24) is 0 Å². The highest BCUT2D eigenvalue weighted by atomic mass is 16.5. The summed E-state index contributed by atoms with van der Waals surface area (Å²) in [6.45, 7) is 2.19. The van der Waals surface area contributed by atoms with E-state index in [0.29, 0.717) is 23.5 Å². The van der Waals surface area contributed by atoms with Gasteiger partial charge in [-0.2, -0.15) is 0 Å². The standard InChI is InChI=1S/C18H22O4/c1-18-8-7-13(19)10-12(18)4-6-16(20)14-9-11(17(21)22-2)3-5-15(14)18/h3,5,9,12-13,19H,4,6-8,10H2,1-2H3. The van der Waals surface area contributed by atoms with Crippen LogP contribution in [-0.4, -0.2) is 30.1 Å². The van der Waals surface area contributed by atoms with Crippen molar-refractivity contribution in [2.24, 2.45) is 5.92 Å². The number of esters is 1. The summed E-state index contributed by atoms with van der Waals surface area (Å²) in [4.78, 5) is 24.3. The van der Waals surface area contributed by atoms with Gasteiger partial charge in [-0.3, -0.25) is 4.79 Å². The van der Waals surface area contributed by atoms with Gasteiger partial charge in [0, 0.05) is 12.0 Å². The minimum absolute atomic E-state index is 0.0888. The lowest BCUT2D eigenvalue weighted by atomic mass is 9.62. The highest BCUT2D eigenvalue weighted by molar-refractivity contribution is 6.01. The van der Waals surface area contributed by atoms with E-state index in [1.807, 2.05) is 6.07 Å². The number of ether oxygens (including phenoxy) is 1. The average molecular weight is 302 g/mol. The second-order valence-corrected chi connectivity index (χ2v) is 6.76. The van der Waals surface area contributed by atoms with Crippen molar-refractivity contribution in [3.8, 4) is 0 Å². The van der Waals surface area contributed by atoms with Crippen molar-refractivity contribution in [1.29, 1.82) is 0 Å². The molecule has 1 N–H and O–H groups in total. The number of benzene rings is 1. The summed E-state index contributed by atoms with van der Waals surface area (Å²) in [5, 5.41) is 9.97. The molecule has 4 heteroatoms. The number of ketones is 1. The average Bonchev–Trinajstić information content (AvgIpc) is 2.63. The first-order valence-corrected chi connectivity index (χ1v) is 7.90. The maximum atomic E-state index is 12.5. The third-order valence-electron chi connectivity index (χ3n) is 5.53. The topological polar surface area (TPSA) is 63.6 Å². The van der Waals surface area contributed by atoms with Gasteiger partial charge >= 0.3 is 5.97 Å². The van der Waals surface area contributed by atoms with Gasteiger partial charge in [-0.25, -0.2) is 4.79 Å². The molecule has 1 aromatic rings. The molecule has 2 aliphatic rings. The quantitative estimate of drug-likeness (QED) is 0.810. The predicted octanol–water partition coefficient (Wildman–Crippen LogP) is 2.87. The van der Waals surface area contributed by atoms with Gasteiger partial charge in [-0.05, 0) is 54.7 Å². The third-order valence-corrected chi connectivity index (χ3v) is 5.53. The fourth-order valence-corrected chi connectivity index (χ4v) is 4.13. The Bertz CT molecular complexity index is 622. The van der Waals surface area contributed by atoms with Crippen LogP contribution in [0.3, 0.4) is 0 Å². The van der Waals surface area contributed by atoms with Crippen LogP contribution in [0, 0.1) is 5.92 Å². The van der Waals surface area contributed by atoms with Gasteiger partial charge in [0.25, 0.3) is 0 Å². The van der Waals surface area contributed by atoms with Gasteiger partial charge in [0.05, 0.1) is 18.8 Å². The summed E-state index contributed by atoms with van der Waals surface area (Å²) in [6, 6.07) is 5.34. The molecule has 3 unspecified atom stereocenters. The van der Waals surface area contributed by atoms with Gasteiger partial charge in [-0.1, -0.05) is 13.0 Å². The highest BCUT2D eigenvalue weighted by Crippen LogP contribution is 2.48. The van der Waals surface area contributed by atoms with Crippen LogP contribution in [0.1, 0.15) is 65.3 Å². The van der Waals surface area contributed by atoms with Gasteiger partial charge in [0.1, 0.15) is 0 Å². The van der Waals surface area contributed by atoms with Gasteiger partial charge in [0.2, 0.25) is 0 Å². The number of hydrogen-bond donors (Lipinski definition) is 1. The molecule has 1 fully saturated rings. The molecule has 1 saturated carbocycles. The maximum absolute atomic E-state index is 12.5. The molecule has 0 aromatic heterocycles. The molecule has 3 rings (SSSR count). The Balaban J connectivity index is 2.10. The molecule has 22 heavy (non-hydrogen) atoms. The zero-order chi connectivity index (χ0) is 15.9. The lowest BCUT2D eigenvalue weighted by molar-refractivity contribution is 0.0537. The first kappa shape index (κ1) is 15.2. The summed E-state index contributed by atoms with van der Waals surface area (Å²) in [6.07, 6.45) is 3.40. The fourth-order valence-electron chi connectivity index (χ4n) is 4.13. The van der Waals surface area contributed by atoms with E-state index in [0.717, 1.165) is 31.2 Å². The number of fused-ring (bicyclic) bond motifs is 3. The van der Waals surface area contributed by atoms with Crippen molar-refractivity contribution in [3.63, 3.8) is 0 Å². The van der Waals surface area contributed by atoms with Crippen molar-refractivity contribution in [2.75, 3.05) is 7.11 Å². The largest absolute Gasteiger partial charge is 0.465 e. The van der Waals surface area contributed by atoms with Crippen molar-refractivity contribution < 1.29 is 19.4 Å². The number of aliphatic hydroxyl groups is 1. The number of aliphatic hydroxyl groups excluding tert-OH is 1. The number of carbonyl (C=O) groups is 2. The number of rotatable bonds is 1. The first-order valence-electron chi connectivity index (χ1n) is 7.90. The molecule has 118 valence electrons. The van der Waals surface area contributed by atoms with Crippen LogP contribution in [0.25, 0.3) is 0 Å². The van der Waals surface area contributed by atoms with E-state index >= 15 is 0 Å². The first-order chi connectivity index (χ1) is 10.5. The summed E-state index contributed by atoms with van der Waals surface area (Å²) < 4.78 is 4.76. The molecule has 0 spiro atoms. The molecular formula is C18H22O4. The van der Waals surface area contributed by atoms with Crippen LogP contribution < -0.4 is 0 Å². The van der Waals surface area contributed by atoms with Crippen molar-refractivity contribution in [3.05, 3.63) is 34.9 Å². The molecule has 0 bridgehead atoms. The molecule has 2 aliphatic carbocycles. The van der Waals surface area contributed by atoms with Crippen molar-refractivity contribution >= 4 is 11.8 Å². The van der Waals surface area contributed by atoms with E-state index in [-0.39, 0.29) is 17.3 Å². The Morgan fingerprint density at radius 2 is 2.14 bits per heavy atom. The lowest BCUT2D eigenvalue weighted by Crippen LogP contribution is -2.39. The van der Waals surface area contributed by atoms with Gasteiger partial charge in [-0.15, -0.1) is 0 Å². The van der Waals surface area contributed by atoms with Gasteiger partial charge in [0.15, 0.2) is 5.78 Å². The van der Waals surface area contributed by atoms with Crippen LogP contribution in [0.4, 0.5) is 0 Å². The maximum Gasteiger partial charge on any atom is 0.337 e. The monoisotopic (exact) mass is 302 g/mol. The Morgan fingerprint density at radius 3 is 2.86 bits per heavy atom. The number of hydrogen-bond acceptors (Lipinski definition) is 4. The Morgan fingerprint density at radius 1 is 1.36 bits per heavy atom. The molecule has 4 nitrogen and oxygen atoms in total. The van der Waals surface area contributed by atoms with Crippen LogP contribution >= 0.6 is 0 Å². The second-order valence-electron chi connectivity index (χ2n) is 6.76. The molecule has 0 aliphatic heterocycles. The molecule has 3 atom stereocenters. The lowest BCUT2D eigenvalue weighted by Gasteiger charge is -2.43. The van der Waals surface area contributed by atoms with E-state index < -0.39 is 5.97 Å². The highest BCUT2D eigenvalue weighted by Gasteiger charge is 2.44. The number of methoxy groups -OCH3 is 1. The molecule has 0 heterocycles. The molecule has 0 radical (unpaired) electrons. The molecular weight excluding hydrogens is 280 g/mol. The van der Waals surface area contributed by atoms with Crippen LogP contribution in [0.15, 0.2) is 18.2 Å². The third kappa shape index (κ3) is 2.35. The summed E-state index contributed by atoms with van der Waals surface area (Å²) in [5.41, 5.74) is 2.01. The van der Waals surface area contributed by atoms with E-state index in [1.165, 1.54) is 7.11 Å². The molecule has 0 saturated heterocycles. The van der Waals surface area contributed by atoms with Gasteiger partial charge < -0.3 is 9.84 Å². The molecule has 0 amide bonds. The van der Waals surface area contributed by atoms with Crippen LogP contribution in [0.5, 0.6) is 0 Å². The smallest absolute Gasteiger partial charge is 0.337 e. The minimum atomic E-state index is -0.416. The zero-order valence-electron chi connectivity index (χ0n) is 13.1. The van der Waals surface area contributed by atoms with E-state index in [4.69, 9.17) is 4.74 Å². The van der Waals surface area contributed by atoms with Crippen LogP contribution in [-0.2, 0) is 10.2 Å². The molecule has 1 aromatic carbocycles. The summed E-state index contributed by atoms with van der Waals surface area (Å²) >= 11 is 0. The predicted molar refractivity (Wildman–Crippen MR) is 82.0 cm³/mol. The summed E-state index contributed by atoms with van der Waals surface area (Å²) in [7, 11) is 1.34. The van der Waals surface area contributed by atoms with E-state index in [9.17, 15) is 14.7 Å². The number of carbonyl (C=O) groups excluding carboxylic acids is 2. The Labute approximate surface area is 130 Å². The summed E-state index contributed by atoms with van der Waals surface area (Å²) in [5.74, 6) is -0.0167. The van der Waals surface area contributed by atoms with E-state index in [2.05, 4.69) is 6.92 Å². The fraction of sp³-hybridized carbons (Fsp3) is 0.556. The Kier molecular flexibility index (Phi) is 3.81. The Hall–Kier alpha value is -1.68. The normalized spacial score (nSPS) is 31.0. The number of Topliss-reactive ketones (excluding diaryl/α,β-unsaturated/α-hetero) is 1. The van der Waals surface area contributed by atoms with Crippen molar-refractivity contribution in [2.45, 2.75) is 50.5 Å². The second kappa shape index (κ2) is 5.51. The van der Waals surface area contributed by atoms with Crippen LogP contribution in [0.2, 0.25) is 0 Å². The zero-order valence-corrected chi connectivity index (χ0v) is 13.1. The van der Waals surface area contributed by atoms with E-state index in [1.54, 1.807) is 12.1 Å². The minimum Gasteiger partial charge on any atom is -0.465 e.